The lowest BCUT2D eigenvalue weighted by molar-refractivity contribution is 0.112. The summed E-state index contributed by atoms with van der Waals surface area (Å²) in [4.78, 5) is 21.4. The van der Waals surface area contributed by atoms with E-state index in [1.807, 2.05) is 0 Å². The highest BCUT2D eigenvalue weighted by Crippen LogP contribution is 2.41. The van der Waals surface area contributed by atoms with E-state index in [-0.39, 0.29) is 22.5 Å². The lowest BCUT2D eigenvalue weighted by atomic mass is 10.1. The molecule has 0 radical (unpaired) electrons. The molecule has 4 heterocycles. The molecule has 1 aromatic carbocycles. The van der Waals surface area contributed by atoms with Gasteiger partial charge in [-0.05, 0) is 18.6 Å². The third-order valence-electron chi connectivity index (χ3n) is 5.32. The summed E-state index contributed by atoms with van der Waals surface area (Å²) in [6.45, 7) is 1.38. The Kier molecular flexibility index (Phi) is 4.89. The van der Waals surface area contributed by atoms with Crippen LogP contribution in [0.5, 0.6) is 5.75 Å². The maximum absolute atomic E-state index is 13.8. The van der Waals surface area contributed by atoms with Gasteiger partial charge in [0, 0.05) is 48.4 Å². The first kappa shape index (κ1) is 19.6. The first-order valence-electron chi connectivity index (χ1n) is 9.52. The zero-order valence-electron chi connectivity index (χ0n) is 16.0. The average Bonchev–Trinajstić information content (AvgIpc) is 3.19. The minimum atomic E-state index is -1.05. The molecule has 8 nitrogen and oxygen atoms in total. The summed E-state index contributed by atoms with van der Waals surface area (Å²) in [5.74, 6) is -1.95. The van der Waals surface area contributed by atoms with Crippen LogP contribution < -0.4 is 10.2 Å². The number of carbonyl (C=O) groups is 1. The number of aldehydes is 1. The molecule has 158 valence electrons. The monoisotopic (exact) mass is 442 g/mol. The van der Waals surface area contributed by atoms with Gasteiger partial charge >= 0.3 is 0 Å². The van der Waals surface area contributed by atoms with Crippen molar-refractivity contribution in [3.8, 4) is 17.0 Å². The number of nitrogens with one attached hydrogen (secondary N) is 1. The molecule has 1 fully saturated rings. The summed E-state index contributed by atoms with van der Waals surface area (Å²) >= 11 is 1.54. The first-order chi connectivity index (χ1) is 15.0. The van der Waals surface area contributed by atoms with Crippen LogP contribution in [0.1, 0.15) is 16.8 Å². The van der Waals surface area contributed by atoms with Crippen LogP contribution >= 0.6 is 11.8 Å². The number of hydrogen-bond acceptors (Lipinski definition) is 9. The molecule has 1 saturated heterocycles. The van der Waals surface area contributed by atoms with Crippen LogP contribution in [0, 0.1) is 11.6 Å². The van der Waals surface area contributed by atoms with Gasteiger partial charge in [-0.3, -0.25) is 4.79 Å². The summed E-state index contributed by atoms with van der Waals surface area (Å²) in [5.41, 5.74) is 1.31. The number of anilines is 2. The van der Waals surface area contributed by atoms with Crippen molar-refractivity contribution in [2.75, 3.05) is 23.3 Å². The van der Waals surface area contributed by atoms with E-state index in [9.17, 15) is 18.7 Å². The number of phenolic OH excluding ortho intramolecular Hbond substituents is 1. The van der Waals surface area contributed by atoms with E-state index >= 15 is 0 Å². The minimum Gasteiger partial charge on any atom is -0.504 e. The van der Waals surface area contributed by atoms with Crippen molar-refractivity contribution in [1.82, 2.24) is 20.2 Å². The molecule has 0 saturated carbocycles. The highest BCUT2D eigenvalue weighted by atomic mass is 32.2. The third-order valence-corrected chi connectivity index (χ3v) is 6.42. The lowest BCUT2D eigenvalue weighted by Crippen LogP contribution is -2.39. The fraction of sp³-hybridized carbons (Fsp3) is 0.250. The number of fused-ring (bicyclic) bond motifs is 3. The fourth-order valence-corrected chi connectivity index (χ4v) is 4.96. The van der Waals surface area contributed by atoms with Crippen LogP contribution in [0.15, 0.2) is 35.7 Å². The minimum absolute atomic E-state index is 0.0521. The number of rotatable bonds is 4. The zero-order chi connectivity index (χ0) is 21.5. The van der Waals surface area contributed by atoms with Crippen molar-refractivity contribution in [2.45, 2.75) is 22.9 Å². The van der Waals surface area contributed by atoms with Gasteiger partial charge in [-0.25, -0.2) is 18.7 Å². The average molecular weight is 442 g/mol. The molecule has 0 bridgehead atoms. The van der Waals surface area contributed by atoms with E-state index in [1.54, 1.807) is 6.07 Å². The van der Waals surface area contributed by atoms with E-state index in [4.69, 9.17) is 0 Å². The second kappa shape index (κ2) is 7.73. The van der Waals surface area contributed by atoms with Gasteiger partial charge < -0.3 is 15.3 Å². The quantitative estimate of drug-likeness (QED) is 0.466. The normalized spacial score (nSPS) is 19.5. The molecule has 2 aliphatic heterocycles. The van der Waals surface area contributed by atoms with E-state index in [0.29, 0.717) is 42.0 Å². The van der Waals surface area contributed by atoms with Crippen LogP contribution in [-0.4, -0.2) is 55.9 Å². The summed E-state index contributed by atoms with van der Waals surface area (Å²) < 4.78 is 27.5. The van der Waals surface area contributed by atoms with Crippen LogP contribution in [0.2, 0.25) is 0 Å². The van der Waals surface area contributed by atoms with Crippen molar-refractivity contribution < 1.29 is 18.7 Å². The molecule has 2 aliphatic rings. The number of halogens is 2. The summed E-state index contributed by atoms with van der Waals surface area (Å²) in [6.07, 6.45) is 4.56. The number of benzene rings is 1. The van der Waals surface area contributed by atoms with E-state index in [0.717, 1.165) is 18.2 Å². The van der Waals surface area contributed by atoms with Crippen LogP contribution in [0.3, 0.4) is 0 Å². The number of aromatic hydroxyl groups is 1. The van der Waals surface area contributed by atoms with Gasteiger partial charge in [-0.2, -0.15) is 0 Å². The molecule has 2 N–H and O–H groups in total. The Labute approximate surface area is 179 Å². The Morgan fingerprint density at radius 1 is 1.19 bits per heavy atom. The largest absolute Gasteiger partial charge is 0.504 e. The Hall–Kier alpha value is -3.34. The van der Waals surface area contributed by atoms with Crippen LogP contribution in [-0.2, 0) is 0 Å². The maximum atomic E-state index is 13.8. The Morgan fingerprint density at radius 2 is 2.00 bits per heavy atom. The number of thioether (sulfide) groups is 1. The second-order valence-electron chi connectivity index (χ2n) is 7.33. The van der Waals surface area contributed by atoms with Gasteiger partial charge in [0.1, 0.15) is 5.82 Å². The molecule has 0 spiro atoms. The predicted molar refractivity (Wildman–Crippen MR) is 110 cm³/mol. The lowest BCUT2D eigenvalue weighted by Gasteiger charge is -2.33. The predicted octanol–water partition coefficient (Wildman–Crippen LogP) is 2.90. The number of phenols is 1. The molecule has 2 aromatic heterocycles. The molecule has 5 rings (SSSR count). The molecular weight excluding hydrogens is 426 g/mol. The third kappa shape index (κ3) is 3.65. The van der Waals surface area contributed by atoms with E-state index < -0.39 is 17.4 Å². The number of hydrogen-bond donors (Lipinski definition) is 2. The Morgan fingerprint density at radius 3 is 2.77 bits per heavy atom. The van der Waals surface area contributed by atoms with Gasteiger partial charge in [0.15, 0.2) is 28.8 Å². The van der Waals surface area contributed by atoms with Gasteiger partial charge in [-0.15, -0.1) is 10.2 Å². The van der Waals surface area contributed by atoms with Crippen molar-refractivity contribution in [3.05, 3.63) is 47.8 Å². The Balaban J connectivity index is 1.41. The van der Waals surface area contributed by atoms with Crippen molar-refractivity contribution in [2.24, 2.45) is 0 Å². The van der Waals surface area contributed by atoms with Crippen LogP contribution in [0.25, 0.3) is 11.3 Å². The molecule has 2 atom stereocenters. The van der Waals surface area contributed by atoms with E-state index in [1.165, 1.54) is 24.2 Å². The van der Waals surface area contributed by atoms with Crippen molar-refractivity contribution >= 4 is 29.6 Å². The van der Waals surface area contributed by atoms with Gasteiger partial charge in [0.25, 0.3) is 0 Å². The van der Waals surface area contributed by atoms with E-state index in [2.05, 4.69) is 30.4 Å². The highest BCUT2D eigenvalue weighted by Gasteiger charge is 2.37. The molecule has 3 aromatic rings. The smallest absolute Gasteiger partial charge is 0.187 e. The molecular formula is C20H16F2N6O2S. The number of aromatic nitrogens is 4. The highest BCUT2D eigenvalue weighted by molar-refractivity contribution is 7.99. The molecule has 0 unspecified atom stereocenters. The van der Waals surface area contributed by atoms with Crippen molar-refractivity contribution in [3.63, 3.8) is 0 Å². The summed E-state index contributed by atoms with van der Waals surface area (Å²) in [7, 11) is 0. The molecule has 0 aliphatic carbocycles. The van der Waals surface area contributed by atoms with Crippen LogP contribution in [0.4, 0.5) is 20.3 Å². The summed E-state index contributed by atoms with van der Waals surface area (Å²) in [5, 5.41) is 22.3. The second-order valence-corrected chi connectivity index (χ2v) is 8.59. The molecule has 31 heavy (non-hydrogen) atoms. The number of nitrogens with zero attached hydrogens (tertiary/aromatic N) is 5. The first-order valence-corrected chi connectivity index (χ1v) is 10.4. The maximum Gasteiger partial charge on any atom is 0.187 e. The standard InChI is InChI=1S/C20H16F2N6O2S/c21-11-1-14(18(30)15(22)2-11)16-4-17-19(27-26-16)23-7-12-3-13(8-28(12)17)31-20-24-5-10(9-29)6-25-20/h1-2,4-6,9,12-13,30H,3,7-8H2,(H,23,27)/t12-,13-/m1/s1. The Bertz CT molecular complexity index is 1160. The topological polar surface area (TPSA) is 104 Å². The molecule has 0 amide bonds. The van der Waals surface area contributed by atoms with Gasteiger partial charge in [0.2, 0.25) is 0 Å². The molecule has 11 heteroatoms. The summed E-state index contributed by atoms with van der Waals surface area (Å²) in [6, 6.07) is 3.52. The van der Waals surface area contributed by atoms with Gasteiger partial charge in [0.05, 0.1) is 16.9 Å². The van der Waals surface area contributed by atoms with Gasteiger partial charge in [-0.1, -0.05) is 11.8 Å². The van der Waals surface area contributed by atoms with Crippen molar-refractivity contribution in [1.29, 1.82) is 0 Å². The fourth-order valence-electron chi connectivity index (χ4n) is 3.88. The zero-order valence-corrected chi connectivity index (χ0v) is 16.8. The number of carbonyl (C=O) groups excluding carboxylic acids is 1. The SMILES string of the molecule is O=Cc1cnc(S[C@@H]2C[C@@H]3CNc4nnc(-c5cc(F)cc(F)c5O)cc4N3C2)nc1.